The van der Waals surface area contributed by atoms with Gasteiger partial charge in [0.15, 0.2) is 0 Å². The van der Waals surface area contributed by atoms with E-state index in [1.54, 1.807) is 12.1 Å². The van der Waals surface area contributed by atoms with Crippen molar-refractivity contribution in [1.29, 1.82) is 5.41 Å². The number of amidine groups is 1. The summed E-state index contributed by atoms with van der Waals surface area (Å²) >= 11 is 0. The highest BCUT2D eigenvalue weighted by Crippen LogP contribution is 2.22. The predicted molar refractivity (Wildman–Crippen MR) is 65.6 cm³/mol. The second-order valence-electron chi connectivity index (χ2n) is 3.96. The SMILES string of the molecule is CCN(c1ccc(C(=N)N)cc1F)C(C)C. The van der Waals surface area contributed by atoms with E-state index in [1.807, 2.05) is 25.7 Å². The van der Waals surface area contributed by atoms with E-state index >= 15 is 0 Å². The molecule has 0 spiro atoms. The Morgan fingerprint density at radius 1 is 1.50 bits per heavy atom. The zero-order valence-electron chi connectivity index (χ0n) is 9.92. The molecule has 3 nitrogen and oxygen atoms in total. The Labute approximate surface area is 95.6 Å². The zero-order valence-corrected chi connectivity index (χ0v) is 9.92. The van der Waals surface area contributed by atoms with Crippen LogP contribution < -0.4 is 10.6 Å². The lowest BCUT2D eigenvalue weighted by molar-refractivity contribution is 0.604. The lowest BCUT2D eigenvalue weighted by Crippen LogP contribution is -2.31. The van der Waals surface area contributed by atoms with Gasteiger partial charge in [0.25, 0.3) is 0 Å². The van der Waals surface area contributed by atoms with Crippen molar-refractivity contribution in [2.75, 3.05) is 11.4 Å². The van der Waals surface area contributed by atoms with Crippen molar-refractivity contribution in [3.63, 3.8) is 0 Å². The largest absolute Gasteiger partial charge is 0.384 e. The van der Waals surface area contributed by atoms with Gasteiger partial charge in [0, 0.05) is 18.2 Å². The second kappa shape index (κ2) is 4.96. The minimum Gasteiger partial charge on any atom is -0.384 e. The standard InChI is InChI=1S/C12H18FN3/c1-4-16(8(2)3)11-6-5-9(12(14)15)7-10(11)13/h5-8H,4H2,1-3H3,(H3,14,15). The highest BCUT2D eigenvalue weighted by molar-refractivity contribution is 5.95. The minimum atomic E-state index is -0.330. The van der Waals surface area contributed by atoms with Gasteiger partial charge in [-0.1, -0.05) is 0 Å². The Balaban J connectivity index is 3.11. The third kappa shape index (κ3) is 2.51. The molecule has 1 aromatic carbocycles. The van der Waals surface area contributed by atoms with Crippen molar-refractivity contribution in [3.8, 4) is 0 Å². The average molecular weight is 223 g/mol. The molecule has 1 rings (SSSR count). The molecule has 0 aromatic heterocycles. The van der Waals surface area contributed by atoms with Crippen molar-refractivity contribution >= 4 is 11.5 Å². The molecular weight excluding hydrogens is 205 g/mol. The first-order chi connectivity index (χ1) is 7.47. The molecule has 3 N–H and O–H groups in total. The molecule has 0 radical (unpaired) electrons. The molecule has 0 unspecified atom stereocenters. The van der Waals surface area contributed by atoms with Crippen LogP contribution in [0, 0.1) is 11.2 Å². The summed E-state index contributed by atoms with van der Waals surface area (Å²) in [5.74, 6) is -0.443. The molecule has 4 heteroatoms. The van der Waals surface area contributed by atoms with E-state index in [4.69, 9.17) is 11.1 Å². The van der Waals surface area contributed by atoms with Gasteiger partial charge < -0.3 is 10.6 Å². The summed E-state index contributed by atoms with van der Waals surface area (Å²) in [5.41, 5.74) is 6.28. The topological polar surface area (TPSA) is 53.1 Å². The van der Waals surface area contributed by atoms with E-state index in [-0.39, 0.29) is 17.7 Å². The second-order valence-corrected chi connectivity index (χ2v) is 3.96. The van der Waals surface area contributed by atoms with E-state index in [0.29, 0.717) is 11.3 Å². The van der Waals surface area contributed by atoms with Crippen LogP contribution in [0.25, 0.3) is 0 Å². The normalized spacial score (nSPS) is 10.6. The van der Waals surface area contributed by atoms with Crippen molar-refractivity contribution in [3.05, 3.63) is 29.6 Å². The highest BCUT2D eigenvalue weighted by Gasteiger charge is 2.13. The van der Waals surface area contributed by atoms with Gasteiger partial charge in [-0.3, -0.25) is 5.41 Å². The molecule has 16 heavy (non-hydrogen) atoms. The van der Waals surface area contributed by atoms with Crippen LogP contribution in [0.5, 0.6) is 0 Å². The van der Waals surface area contributed by atoms with Gasteiger partial charge >= 0.3 is 0 Å². The van der Waals surface area contributed by atoms with Gasteiger partial charge in [0.2, 0.25) is 0 Å². The molecule has 0 bridgehead atoms. The maximum Gasteiger partial charge on any atom is 0.147 e. The number of hydrogen-bond acceptors (Lipinski definition) is 2. The number of nitrogens with two attached hydrogens (primary N) is 1. The number of rotatable bonds is 4. The third-order valence-electron chi connectivity index (χ3n) is 2.53. The number of nitrogens with one attached hydrogen (secondary N) is 1. The Hall–Kier alpha value is -1.58. The Morgan fingerprint density at radius 2 is 2.12 bits per heavy atom. The first-order valence-corrected chi connectivity index (χ1v) is 5.38. The summed E-state index contributed by atoms with van der Waals surface area (Å²) in [4.78, 5) is 1.96. The summed E-state index contributed by atoms with van der Waals surface area (Å²) in [6.07, 6.45) is 0. The molecule has 88 valence electrons. The number of benzene rings is 1. The number of nitrogen functional groups attached to an aromatic ring is 1. The molecular formula is C12H18FN3. The van der Waals surface area contributed by atoms with Crippen LogP contribution in [-0.4, -0.2) is 18.4 Å². The fraction of sp³-hybridized carbons (Fsp3) is 0.417. The molecule has 1 aromatic rings. The first kappa shape index (κ1) is 12.5. The van der Waals surface area contributed by atoms with Crippen molar-refractivity contribution in [2.45, 2.75) is 26.8 Å². The molecule has 0 aliphatic heterocycles. The summed E-state index contributed by atoms with van der Waals surface area (Å²) in [6.45, 7) is 6.76. The lowest BCUT2D eigenvalue weighted by Gasteiger charge is -2.28. The van der Waals surface area contributed by atoms with E-state index < -0.39 is 0 Å². The van der Waals surface area contributed by atoms with Crippen molar-refractivity contribution < 1.29 is 4.39 Å². The Kier molecular flexibility index (Phi) is 3.88. The van der Waals surface area contributed by atoms with Gasteiger partial charge in [-0.2, -0.15) is 0 Å². The summed E-state index contributed by atoms with van der Waals surface area (Å²) < 4.78 is 13.8. The van der Waals surface area contributed by atoms with E-state index in [0.717, 1.165) is 6.54 Å². The summed E-state index contributed by atoms with van der Waals surface area (Å²) in [6, 6.07) is 4.90. The van der Waals surface area contributed by atoms with Crippen LogP contribution in [-0.2, 0) is 0 Å². The maximum absolute atomic E-state index is 13.8. The molecule has 0 saturated heterocycles. The predicted octanol–water partition coefficient (Wildman–Crippen LogP) is 2.34. The van der Waals surface area contributed by atoms with Crippen LogP contribution in [0.3, 0.4) is 0 Å². The number of nitrogens with zero attached hydrogens (tertiary/aromatic N) is 1. The minimum absolute atomic E-state index is 0.113. The lowest BCUT2D eigenvalue weighted by atomic mass is 10.1. The molecule has 0 saturated carbocycles. The van der Waals surface area contributed by atoms with Gasteiger partial charge in [0.05, 0.1) is 5.69 Å². The fourth-order valence-corrected chi connectivity index (χ4v) is 1.72. The zero-order chi connectivity index (χ0) is 12.3. The summed E-state index contributed by atoms with van der Waals surface area (Å²) in [5, 5.41) is 7.24. The smallest absolute Gasteiger partial charge is 0.147 e. The number of anilines is 1. The Bertz CT molecular complexity index is 388. The fourth-order valence-electron chi connectivity index (χ4n) is 1.72. The van der Waals surface area contributed by atoms with Gasteiger partial charge in [-0.05, 0) is 39.0 Å². The van der Waals surface area contributed by atoms with Crippen molar-refractivity contribution in [1.82, 2.24) is 0 Å². The first-order valence-electron chi connectivity index (χ1n) is 5.38. The maximum atomic E-state index is 13.8. The highest BCUT2D eigenvalue weighted by atomic mass is 19.1. The van der Waals surface area contributed by atoms with Crippen LogP contribution in [0.2, 0.25) is 0 Å². The molecule has 0 aliphatic rings. The van der Waals surface area contributed by atoms with Gasteiger partial charge in [0.1, 0.15) is 11.7 Å². The molecule has 0 atom stereocenters. The summed E-state index contributed by atoms with van der Waals surface area (Å²) in [7, 11) is 0. The third-order valence-corrected chi connectivity index (χ3v) is 2.53. The van der Waals surface area contributed by atoms with Crippen molar-refractivity contribution in [2.24, 2.45) is 5.73 Å². The van der Waals surface area contributed by atoms with Crippen LogP contribution in [0.1, 0.15) is 26.3 Å². The van der Waals surface area contributed by atoms with Crippen LogP contribution >= 0.6 is 0 Å². The van der Waals surface area contributed by atoms with E-state index in [1.165, 1.54) is 6.07 Å². The quantitative estimate of drug-likeness (QED) is 0.608. The van der Waals surface area contributed by atoms with Crippen LogP contribution in [0.4, 0.5) is 10.1 Å². The van der Waals surface area contributed by atoms with E-state index in [2.05, 4.69) is 0 Å². The van der Waals surface area contributed by atoms with Gasteiger partial charge in [-0.15, -0.1) is 0 Å². The molecule has 0 fully saturated rings. The molecule has 0 amide bonds. The number of halogens is 1. The number of hydrogen-bond donors (Lipinski definition) is 2. The molecule has 0 aliphatic carbocycles. The average Bonchev–Trinajstić information content (AvgIpc) is 2.20. The monoisotopic (exact) mass is 223 g/mol. The Morgan fingerprint density at radius 3 is 2.50 bits per heavy atom. The van der Waals surface area contributed by atoms with Gasteiger partial charge in [-0.25, -0.2) is 4.39 Å². The molecule has 0 heterocycles. The van der Waals surface area contributed by atoms with E-state index in [9.17, 15) is 4.39 Å². The van der Waals surface area contributed by atoms with Crippen LogP contribution in [0.15, 0.2) is 18.2 Å².